The molecule has 4 heteroatoms. The third-order valence-electron chi connectivity index (χ3n) is 6.52. The number of amides is 1. The maximum atomic E-state index is 13.9. The van der Waals surface area contributed by atoms with Gasteiger partial charge in [0.15, 0.2) is 0 Å². The molecule has 1 aliphatic rings. The minimum Gasteiger partial charge on any atom is -0.370 e. The predicted molar refractivity (Wildman–Crippen MR) is 138 cm³/mol. The molecule has 1 aliphatic heterocycles. The van der Waals surface area contributed by atoms with Gasteiger partial charge in [-0.15, -0.1) is 0 Å². The quantitative estimate of drug-likeness (QED) is 0.428. The van der Waals surface area contributed by atoms with Crippen LogP contribution in [0.3, 0.4) is 0 Å². The fourth-order valence-electron chi connectivity index (χ4n) is 4.59. The number of para-hydroxylation sites is 1. The van der Waals surface area contributed by atoms with Crippen molar-refractivity contribution in [3.8, 4) is 0 Å². The molecule has 1 N–H and O–H groups in total. The summed E-state index contributed by atoms with van der Waals surface area (Å²) < 4.78 is 0. The fourth-order valence-corrected chi connectivity index (χ4v) is 4.80. The lowest BCUT2D eigenvalue weighted by atomic mass is 9.86. The lowest BCUT2D eigenvalue weighted by Gasteiger charge is -2.31. The Balaban J connectivity index is 1.61. The molecule has 33 heavy (non-hydrogen) atoms. The number of benzene rings is 3. The first-order chi connectivity index (χ1) is 15.8. The molecule has 3 aromatic rings. The Morgan fingerprint density at radius 1 is 1.00 bits per heavy atom. The van der Waals surface area contributed by atoms with Crippen LogP contribution in [0.25, 0.3) is 0 Å². The number of carbonyl (C=O) groups excluding carboxylic acids is 1. The van der Waals surface area contributed by atoms with Crippen LogP contribution in [0.1, 0.15) is 56.3 Å². The van der Waals surface area contributed by atoms with Crippen molar-refractivity contribution in [3.63, 3.8) is 0 Å². The van der Waals surface area contributed by atoms with Gasteiger partial charge < -0.3 is 10.2 Å². The van der Waals surface area contributed by atoms with E-state index in [1.807, 2.05) is 48.5 Å². The van der Waals surface area contributed by atoms with E-state index in [4.69, 9.17) is 11.6 Å². The zero-order valence-corrected chi connectivity index (χ0v) is 20.5. The van der Waals surface area contributed by atoms with Gasteiger partial charge in [-0.3, -0.25) is 4.79 Å². The van der Waals surface area contributed by atoms with Gasteiger partial charge in [0, 0.05) is 23.3 Å². The molecule has 1 fully saturated rings. The van der Waals surface area contributed by atoms with Gasteiger partial charge in [0.2, 0.25) is 5.91 Å². The van der Waals surface area contributed by atoms with Gasteiger partial charge in [-0.25, -0.2) is 0 Å². The summed E-state index contributed by atoms with van der Waals surface area (Å²) in [5.74, 6) is 0.122. The number of nitrogens with one attached hydrogen (secondary N) is 1. The molecule has 2 atom stereocenters. The molecule has 0 aliphatic carbocycles. The van der Waals surface area contributed by atoms with E-state index in [0.717, 1.165) is 47.6 Å². The van der Waals surface area contributed by atoms with Crippen molar-refractivity contribution in [1.82, 2.24) is 4.90 Å². The number of nitrogens with zero attached hydrogens (tertiary/aromatic N) is 1. The maximum absolute atomic E-state index is 13.9. The summed E-state index contributed by atoms with van der Waals surface area (Å²) in [4.78, 5) is 16.0. The molecule has 4 rings (SSSR count). The Morgan fingerprint density at radius 3 is 2.33 bits per heavy atom. The lowest BCUT2D eigenvalue weighted by molar-refractivity contribution is -0.133. The summed E-state index contributed by atoms with van der Waals surface area (Å²) in [5.41, 5.74) is 4.36. The SMILES string of the molecule is CC(C)(C)c1ccc(C(Nc2ccccc2)C(=O)N2CCCC2Cc2ccccc2Cl)cc1. The monoisotopic (exact) mass is 460 g/mol. The molecule has 3 nitrogen and oxygen atoms in total. The topological polar surface area (TPSA) is 32.3 Å². The second kappa shape index (κ2) is 10.0. The van der Waals surface area contributed by atoms with Gasteiger partial charge in [-0.2, -0.15) is 0 Å². The molecule has 0 saturated carbocycles. The average Bonchev–Trinajstić information content (AvgIpc) is 3.27. The van der Waals surface area contributed by atoms with Crippen LogP contribution >= 0.6 is 11.6 Å². The Labute approximate surface area is 202 Å². The van der Waals surface area contributed by atoms with Crippen LogP contribution < -0.4 is 5.32 Å². The van der Waals surface area contributed by atoms with Crippen molar-refractivity contribution in [2.75, 3.05) is 11.9 Å². The van der Waals surface area contributed by atoms with E-state index >= 15 is 0 Å². The Hall–Kier alpha value is -2.78. The number of halogens is 1. The van der Waals surface area contributed by atoms with Crippen LogP contribution in [0.15, 0.2) is 78.9 Å². The van der Waals surface area contributed by atoms with Crippen LogP contribution in [0, 0.1) is 0 Å². The molecule has 1 heterocycles. The minimum atomic E-state index is -0.437. The van der Waals surface area contributed by atoms with Gasteiger partial charge in [0.05, 0.1) is 0 Å². The second-order valence-electron chi connectivity index (χ2n) is 9.94. The van der Waals surface area contributed by atoms with E-state index in [0.29, 0.717) is 0 Å². The van der Waals surface area contributed by atoms with Gasteiger partial charge >= 0.3 is 0 Å². The van der Waals surface area contributed by atoms with Gasteiger partial charge in [-0.05, 0) is 59.6 Å². The first-order valence-electron chi connectivity index (χ1n) is 11.8. The summed E-state index contributed by atoms with van der Waals surface area (Å²) in [6, 6.07) is 26.1. The maximum Gasteiger partial charge on any atom is 0.249 e. The normalized spacial score (nSPS) is 17.1. The van der Waals surface area contributed by atoms with Crippen molar-refractivity contribution in [2.24, 2.45) is 0 Å². The van der Waals surface area contributed by atoms with Gasteiger partial charge in [0.1, 0.15) is 6.04 Å². The third kappa shape index (κ3) is 5.59. The van der Waals surface area contributed by atoms with Crippen molar-refractivity contribution in [3.05, 3.63) is 101 Å². The fraction of sp³-hybridized carbons (Fsp3) is 0.345. The highest BCUT2D eigenvalue weighted by Gasteiger charge is 2.34. The van der Waals surface area contributed by atoms with E-state index in [1.54, 1.807) is 0 Å². The van der Waals surface area contributed by atoms with Crippen LogP contribution in [-0.4, -0.2) is 23.4 Å². The molecule has 172 valence electrons. The van der Waals surface area contributed by atoms with Gasteiger partial charge in [-0.1, -0.05) is 93.0 Å². The van der Waals surface area contributed by atoms with Crippen molar-refractivity contribution in [1.29, 1.82) is 0 Å². The third-order valence-corrected chi connectivity index (χ3v) is 6.88. The van der Waals surface area contributed by atoms with Crippen molar-refractivity contribution < 1.29 is 4.79 Å². The first-order valence-corrected chi connectivity index (χ1v) is 12.2. The lowest BCUT2D eigenvalue weighted by Crippen LogP contribution is -2.42. The zero-order valence-electron chi connectivity index (χ0n) is 19.7. The standard InChI is InChI=1S/C29H33ClN2O/c1-29(2,3)23-17-15-21(16-18-23)27(31-24-11-5-4-6-12-24)28(33)32-19-9-13-25(32)20-22-10-7-8-14-26(22)30/h4-8,10-12,14-18,25,27,31H,9,13,19-20H2,1-3H3. The summed E-state index contributed by atoms with van der Waals surface area (Å²) in [6.45, 7) is 7.39. The van der Waals surface area contributed by atoms with E-state index < -0.39 is 6.04 Å². The molecule has 1 amide bonds. The minimum absolute atomic E-state index is 0.0693. The largest absolute Gasteiger partial charge is 0.370 e. The average molecular weight is 461 g/mol. The Kier molecular flexibility index (Phi) is 7.09. The Morgan fingerprint density at radius 2 is 1.67 bits per heavy atom. The number of carbonyl (C=O) groups is 1. The predicted octanol–water partition coefficient (Wildman–Crippen LogP) is 7.02. The summed E-state index contributed by atoms with van der Waals surface area (Å²) in [7, 11) is 0. The second-order valence-corrected chi connectivity index (χ2v) is 10.3. The first kappa shape index (κ1) is 23.4. The van der Waals surface area contributed by atoms with Crippen molar-refractivity contribution in [2.45, 2.75) is 57.5 Å². The molecule has 3 aromatic carbocycles. The van der Waals surface area contributed by atoms with E-state index in [9.17, 15) is 4.79 Å². The molecule has 0 bridgehead atoms. The highest BCUT2D eigenvalue weighted by Crippen LogP contribution is 2.31. The van der Waals surface area contributed by atoms with E-state index in [2.05, 4.69) is 61.3 Å². The number of rotatable bonds is 6. The van der Waals surface area contributed by atoms with E-state index in [-0.39, 0.29) is 17.4 Å². The van der Waals surface area contributed by atoms with Gasteiger partial charge in [0.25, 0.3) is 0 Å². The summed E-state index contributed by atoms with van der Waals surface area (Å²) >= 11 is 6.43. The Bertz CT molecular complexity index is 1070. The number of hydrogen-bond donors (Lipinski definition) is 1. The molecule has 0 radical (unpaired) electrons. The number of hydrogen-bond acceptors (Lipinski definition) is 2. The molecule has 1 saturated heterocycles. The molecule has 0 spiro atoms. The molecular formula is C29H33ClN2O. The highest BCUT2D eigenvalue weighted by atomic mass is 35.5. The zero-order chi connectivity index (χ0) is 23.4. The van der Waals surface area contributed by atoms with Crippen LogP contribution in [0.4, 0.5) is 5.69 Å². The van der Waals surface area contributed by atoms with Crippen LogP contribution in [0.5, 0.6) is 0 Å². The molecule has 2 unspecified atom stereocenters. The summed E-state index contributed by atoms with van der Waals surface area (Å²) in [5, 5.41) is 4.28. The smallest absolute Gasteiger partial charge is 0.249 e. The molecular weight excluding hydrogens is 428 g/mol. The molecule has 0 aromatic heterocycles. The number of anilines is 1. The van der Waals surface area contributed by atoms with E-state index in [1.165, 1.54) is 5.56 Å². The summed E-state index contributed by atoms with van der Waals surface area (Å²) in [6.07, 6.45) is 2.80. The van der Waals surface area contributed by atoms with Crippen LogP contribution in [0.2, 0.25) is 5.02 Å². The van der Waals surface area contributed by atoms with Crippen LogP contribution in [-0.2, 0) is 16.6 Å². The van der Waals surface area contributed by atoms with Crippen molar-refractivity contribution >= 4 is 23.2 Å². The highest BCUT2D eigenvalue weighted by molar-refractivity contribution is 6.31. The number of likely N-dealkylation sites (tertiary alicyclic amines) is 1.